The van der Waals surface area contributed by atoms with Gasteiger partial charge in [-0.25, -0.2) is 13.2 Å². The molecule has 244 valence electrons. The van der Waals surface area contributed by atoms with Gasteiger partial charge in [0, 0.05) is 49.5 Å². The van der Waals surface area contributed by atoms with Gasteiger partial charge in [0.1, 0.15) is 18.5 Å². The molecule has 2 saturated heterocycles. The molecule has 1 aromatic heterocycles. The van der Waals surface area contributed by atoms with Gasteiger partial charge in [-0.2, -0.15) is 5.10 Å². The van der Waals surface area contributed by atoms with Crippen LogP contribution >= 0.6 is 0 Å². The van der Waals surface area contributed by atoms with Crippen molar-refractivity contribution in [2.75, 3.05) is 26.2 Å². The molecule has 46 heavy (non-hydrogen) atoms. The molecular weight excluding hydrogens is 599 g/mol. The summed E-state index contributed by atoms with van der Waals surface area (Å²) >= 11 is 0. The van der Waals surface area contributed by atoms with E-state index in [0.29, 0.717) is 31.0 Å². The van der Waals surface area contributed by atoms with Crippen LogP contribution in [-0.2, 0) is 21.4 Å². The van der Waals surface area contributed by atoms with E-state index in [0.717, 1.165) is 55.2 Å². The van der Waals surface area contributed by atoms with Crippen molar-refractivity contribution in [1.29, 1.82) is 0 Å². The Balaban J connectivity index is 0.971. The Morgan fingerprint density at radius 3 is 2.72 bits per heavy atom. The molecule has 0 radical (unpaired) electrons. The number of imide groups is 1. The number of piperidine rings is 2. The van der Waals surface area contributed by atoms with Crippen LogP contribution in [0.1, 0.15) is 62.1 Å². The quantitative estimate of drug-likeness (QED) is 0.273. The summed E-state index contributed by atoms with van der Waals surface area (Å²) in [4.78, 5) is 26.2. The van der Waals surface area contributed by atoms with Crippen LogP contribution < -0.4 is 11.1 Å². The van der Waals surface area contributed by atoms with Crippen molar-refractivity contribution in [3.05, 3.63) is 41.4 Å². The number of rotatable bonds is 7. The highest BCUT2D eigenvalue weighted by Crippen LogP contribution is 2.32. The fraction of sp³-hybridized carbons (Fsp3) is 0.545. The number of nitrogens with one attached hydrogen (secondary N) is 1. The lowest BCUT2D eigenvalue weighted by atomic mass is 9.82. The summed E-state index contributed by atoms with van der Waals surface area (Å²) < 4.78 is 50.1. The lowest BCUT2D eigenvalue weighted by Crippen LogP contribution is -2.47. The van der Waals surface area contributed by atoms with E-state index in [1.165, 1.54) is 10.9 Å². The predicted octanol–water partition coefficient (Wildman–Crippen LogP) is 3.20. The molecule has 2 aromatic rings. The number of hydrogen-bond donors (Lipinski definition) is 2. The van der Waals surface area contributed by atoms with Crippen molar-refractivity contribution in [1.82, 2.24) is 20.0 Å². The number of likely N-dealkylation sites (tertiary alicyclic amines) is 1. The molecule has 10 nitrogen and oxygen atoms in total. The molecule has 1 saturated carbocycles. The first kappa shape index (κ1) is 31.9. The predicted molar refractivity (Wildman–Crippen MR) is 166 cm³/mol. The minimum atomic E-state index is -2.69. The molecule has 1 aromatic carbocycles. The van der Waals surface area contributed by atoms with Gasteiger partial charge < -0.3 is 10.5 Å². The number of allylic oxidation sites excluding steroid dienone is 1. The molecule has 4 heterocycles. The summed E-state index contributed by atoms with van der Waals surface area (Å²) in [5, 5.41) is 11.7. The number of nitrogens with two attached hydrogens (primary N) is 1. The van der Waals surface area contributed by atoms with Gasteiger partial charge in [-0.15, -0.1) is 0 Å². The van der Waals surface area contributed by atoms with Crippen LogP contribution in [0, 0.1) is 23.7 Å². The Bertz CT molecular complexity index is 1650. The van der Waals surface area contributed by atoms with E-state index < -0.39 is 24.6 Å². The molecule has 1 unspecified atom stereocenters. The van der Waals surface area contributed by atoms with Gasteiger partial charge in [0.2, 0.25) is 23.7 Å². The average molecular weight is 639 g/mol. The number of nitrogens with zero attached hydrogens (tertiary/aromatic N) is 5. The summed E-state index contributed by atoms with van der Waals surface area (Å²) in [5.41, 5.74) is 7.44. The Morgan fingerprint density at radius 1 is 1.20 bits per heavy atom. The molecule has 3 atom stereocenters. The lowest BCUT2D eigenvalue weighted by molar-refractivity contribution is -0.456. The minimum absolute atomic E-state index is 0.00422. The van der Waals surface area contributed by atoms with E-state index in [-0.39, 0.29) is 42.2 Å². The fourth-order valence-corrected chi connectivity index (χ4v) is 7.02. The maximum absolute atomic E-state index is 15.1. The first-order valence-corrected chi connectivity index (χ1v) is 15.9. The maximum Gasteiger partial charge on any atom is 0.288 e. The molecule has 3 N–H and O–H groups in total. The smallest absolute Gasteiger partial charge is 0.288 e. The molecule has 13 heteroatoms. The highest BCUT2D eigenvalue weighted by Gasteiger charge is 2.34. The van der Waals surface area contributed by atoms with Crippen LogP contribution in [0.3, 0.4) is 0 Å². The van der Waals surface area contributed by atoms with Gasteiger partial charge >= 0.3 is 0 Å². The van der Waals surface area contributed by atoms with Gasteiger partial charge in [0.05, 0.1) is 28.8 Å². The second-order valence-corrected chi connectivity index (χ2v) is 12.6. The first-order valence-electron chi connectivity index (χ1n) is 15.9. The molecule has 1 aliphatic carbocycles. The molecule has 2 amide bonds. The Hall–Kier alpha value is -4.02. The molecule has 3 aliphatic heterocycles. The number of para-hydroxylation sites is 1. The number of ether oxygens (including phenoxy) is 1. The first-order chi connectivity index (χ1) is 22.2. The van der Waals surface area contributed by atoms with Gasteiger partial charge in [0.15, 0.2) is 6.21 Å². The van der Waals surface area contributed by atoms with Crippen LogP contribution in [-0.4, -0.2) is 88.0 Å². The van der Waals surface area contributed by atoms with Crippen LogP contribution in [0.4, 0.5) is 13.2 Å². The number of amides is 2. The summed E-state index contributed by atoms with van der Waals surface area (Å²) in [5.74, 6) is 5.78. The number of aryl methyl sites for hydroxylation is 1. The van der Waals surface area contributed by atoms with Crippen molar-refractivity contribution in [3.63, 3.8) is 0 Å². The second-order valence-electron chi connectivity index (χ2n) is 12.6. The summed E-state index contributed by atoms with van der Waals surface area (Å²) in [6.07, 6.45) is 4.12. The van der Waals surface area contributed by atoms with E-state index in [1.54, 1.807) is 11.7 Å². The summed E-state index contributed by atoms with van der Waals surface area (Å²) in [6.45, 7) is 2.01. The van der Waals surface area contributed by atoms with Crippen molar-refractivity contribution < 1.29 is 32.2 Å². The summed E-state index contributed by atoms with van der Waals surface area (Å²) in [7, 11) is 1.80. The number of carbonyl (C=O) groups is 2. The molecule has 3 fully saturated rings. The highest BCUT2D eigenvalue weighted by atomic mass is 19.3. The second kappa shape index (κ2) is 13.8. The number of hydrogen-bond acceptors (Lipinski definition) is 7. The summed E-state index contributed by atoms with van der Waals surface area (Å²) in [6, 6.07) is 5.65. The normalized spacial score (nSPS) is 28.3. The molecule has 0 bridgehead atoms. The lowest BCUT2D eigenvalue weighted by Gasteiger charge is -2.37. The van der Waals surface area contributed by atoms with Crippen molar-refractivity contribution in [2.24, 2.45) is 29.7 Å². The molecule has 6 rings (SSSR count). The molecular formula is C33H39F3N7O3+. The van der Waals surface area contributed by atoms with Gasteiger partial charge in [-0.1, -0.05) is 28.7 Å². The fourth-order valence-electron chi connectivity index (χ4n) is 7.02. The number of aromatic nitrogens is 2. The van der Waals surface area contributed by atoms with E-state index in [1.807, 2.05) is 24.4 Å². The SMILES string of the molecule is Cn1nc(C2CCC(=O)NC2=O)c2cccc(C#CCO[C@H]3CCN(CC4CCC(/C=[N+]5\C=C(N)C(C(F)F)=N5)CC4)C[C@H]3F)c21. The van der Waals surface area contributed by atoms with Gasteiger partial charge in [-0.3, -0.25) is 24.5 Å². The molecule has 0 spiro atoms. The number of halogens is 3. The van der Waals surface area contributed by atoms with E-state index in [2.05, 4.69) is 32.3 Å². The average Bonchev–Trinajstić information content (AvgIpc) is 3.56. The Kier molecular flexibility index (Phi) is 9.56. The van der Waals surface area contributed by atoms with E-state index >= 15 is 4.39 Å². The number of alkyl halides is 3. The largest absolute Gasteiger partial charge is 0.392 e. The molecule has 4 aliphatic rings. The number of benzene rings is 1. The topological polar surface area (TPSA) is 118 Å². The Labute approximate surface area is 265 Å². The van der Waals surface area contributed by atoms with Crippen molar-refractivity contribution in [3.8, 4) is 11.8 Å². The maximum atomic E-state index is 15.1. The number of carbonyl (C=O) groups excluding carboxylic acids is 2. The van der Waals surface area contributed by atoms with Crippen LogP contribution in [0.25, 0.3) is 10.9 Å². The van der Waals surface area contributed by atoms with Crippen LogP contribution in [0.5, 0.6) is 0 Å². The highest BCUT2D eigenvalue weighted by molar-refractivity contribution is 6.03. The number of hydrazone groups is 1. The van der Waals surface area contributed by atoms with Gasteiger partial charge in [0.25, 0.3) is 6.43 Å². The van der Waals surface area contributed by atoms with Crippen LogP contribution in [0.2, 0.25) is 0 Å². The minimum Gasteiger partial charge on any atom is -0.392 e. The van der Waals surface area contributed by atoms with Gasteiger partial charge in [-0.05, 0) is 50.5 Å². The van der Waals surface area contributed by atoms with Crippen LogP contribution in [0.15, 0.2) is 35.2 Å². The van der Waals surface area contributed by atoms with Crippen molar-refractivity contribution in [2.45, 2.75) is 69.6 Å². The standard InChI is InChI=1S/C33H38F3N7O3/c1-41-31-22(4-2-6-23(31)29(39-41)24-11-12-28(44)38-33(24)45)5-3-15-46-27-13-14-42(18-25(27)34)16-20-7-9-21(10-8-20)17-43-19-26(37)30(40-43)32(35)36/h2,4,6,17,19-21,24-25,27,32H,7-16,18,37H2,1H3/p+1/b43-17+/t20?,21?,24?,25-,27+/m1/s1. The van der Waals surface area contributed by atoms with Crippen molar-refractivity contribution >= 4 is 34.6 Å². The third-order valence-electron chi connectivity index (χ3n) is 9.39. The zero-order chi connectivity index (χ0) is 32.4. The third kappa shape index (κ3) is 7.03. The zero-order valence-corrected chi connectivity index (χ0v) is 25.8. The number of fused-ring (bicyclic) bond motifs is 1. The Morgan fingerprint density at radius 2 is 2.00 bits per heavy atom. The zero-order valence-electron chi connectivity index (χ0n) is 25.8. The monoisotopic (exact) mass is 638 g/mol. The van der Waals surface area contributed by atoms with E-state index in [4.69, 9.17) is 10.5 Å². The third-order valence-corrected chi connectivity index (χ3v) is 9.39. The van der Waals surface area contributed by atoms with E-state index in [9.17, 15) is 18.4 Å².